The average Bonchev–Trinajstić information content (AvgIpc) is 2.49. The van der Waals surface area contributed by atoms with Crippen LogP contribution in [0.15, 0.2) is 12.2 Å². The number of phosphoric acid groups is 1. The maximum absolute atomic E-state index is 10.3. The summed E-state index contributed by atoms with van der Waals surface area (Å²) in [6.07, 6.45) is 21.2. The molecule has 0 unspecified atom stereocenters. The molecule has 0 saturated heterocycles. The number of unbranched alkanes of at least 4 members (excludes halogenated alkanes) is 11. The van der Waals surface area contributed by atoms with Gasteiger partial charge >= 0.3 is 65.1 Å². The molecule has 6 nitrogen and oxygen atoms in total. The molecule has 0 bridgehead atoms. The molecule has 0 aliphatic rings. The minimum absolute atomic E-state index is 0. The van der Waals surface area contributed by atoms with Gasteiger partial charge in [0.2, 0.25) is 0 Å². The molecule has 27 heavy (non-hydrogen) atoms. The topological polar surface area (TPSA) is 121 Å². The van der Waals surface area contributed by atoms with Gasteiger partial charge in [-0.15, -0.1) is 0 Å². The van der Waals surface area contributed by atoms with Gasteiger partial charge in [0, 0.05) is 6.42 Å². The Morgan fingerprint density at radius 3 is 1.52 bits per heavy atom. The first kappa shape index (κ1) is 35.7. The van der Waals surface area contributed by atoms with E-state index < -0.39 is 13.8 Å². The number of carboxylic acids is 1. The van der Waals surface area contributed by atoms with E-state index >= 15 is 0 Å². The number of aliphatic carboxylic acids is 1. The van der Waals surface area contributed by atoms with Crippen molar-refractivity contribution >= 4 is 13.8 Å². The van der Waals surface area contributed by atoms with Gasteiger partial charge in [0.1, 0.15) is 0 Å². The van der Waals surface area contributed by atoms with E-state index in [1.165, 1.54) is 70.6 Å². The summed E-state index contributed by atoms with van der Waals surface area (Å²) in [5, 5.41) is 8.51. The molecule has 0 aromatic carbocycles. The van der Waals surface area contributed by atoms with Gasteiger partial charge in [-0.05, 0) is 32.1 Å². The van der Waals surface area contributed by atoms with Crippen molar-refractivity contribution in [2.24, 2.45) is 0 Å². The fourth-order valence-electron chi connectivity index (χ4n) is 2.35. The van der Waals surface area contributed by atoms with Crippen LogP contribution < -0.4 is 68.9 Å². The molecule has 0 atom stereocenters. The zero-order valence-corrected chi connectivity index (χ0v) is 22.4. The van der Waals surface area contributed by atoms with Crippen LogP contribution in [0.2, 0.25) is 0 Å². The molecule has 0 aliphatic heterocycles. The van der Waals surface area contributed by atoms with Crippen molar-refractivity contribution in [2.75, 3.05) is 0 Å². The zero-order chi connectivity index (χ0) is 19.4. The van der Waals surface area contributed by atoms with Crippen LogP contribution in [0.1, 0.15) is 96.8 Å². The second-order valence-electron chi connectivity index (χ2n) is 6.20. The summed E-state index contributed by atoms with van der Waals surface area (Å²) in [6, 6.07) is 0. The number of hydrogen-bond donors (Lipinski definition) is 2. The number of carbonyl (C=O) groups is 1. The SMILES string of the molecule is CCCCCCCC/C=C\CCCCCCCC(=O)O.O=P([O-])([O-])O.[Na+].[Na+]. The normalized spacial score (nSPS) is 10.5. The maximum atomic E-state index is 10.3. The van der Waals surface area contributed by atoms with Crippen LogP contribution in [-0.4, -0.2) is 16.0 Å². The maximum Gasteiger partial charge on any atom is 1.00 e. The first-order valence-electron chi connectivity index (χ1n) is 9.39. The quantitative estimate of drug-likeness (QED) is 0.135. The summed E-state index contributed by atoms with van der Waals surface area (Å²) < 4.78 is 8.66. The largest absolute Gasteiger partial charge is 1.00 e. The number of carboxylic acid groups (broad SMARTS) is 1. The van der Waals surface area contributed by atoms with E-state index in [2.05, 4.69) is 19.1 Å². The smallest absolute Gasteiger partial charge is 0.790 e. The van der Waals surface area contributed by atoms with Crippen LogP contribution >= 0.6 is 7.82 Å². The van der Waals surface area contributed by atoms with Crippen molar-refractivity contribution < 1.29 is 88.3 Å². The summed E-state index contributed by atoms with van der Waals surface area (Å²) in [5.74, 6) is -0.664. The number of hydrogen-bond acceptors (Lipinski definition) is 4. The third kappa shape index (κ3) is 52.2. The molecule has 0 rings (SSSR count). The predicted molar refractivity (Wildman–Crippen MR) is 96.9 cm³/mol. The Morgan fingerprint density at radius 1 is 0.815 bits per heavy atom. The van der Waals surface area contributed by atoms with Crippen LogP contribution in [0.4, 0.5) is 0 Å². The van der Waals surface area contributed by atoms with Gasteiger partial charge < -0.3 is 24.4 Å². The van der Waals surface area contributed by atoms with E-state index in [4.69, 9.17) is 24.4 Å². The monoisotopic (exact) mass is 424 g/mol. The Balaban J connectivity index is -0.000000333. The standard InChI is InChI=1S/C18H34O2.2Na.H3O4P/c1-2-3-4-5-6-7-8-9-10-11-12-13-14-15-16-17-18(19)20;;;1-5(2,3)4/h9-10H,2-8,11-17H2,1H3,(H,19,20);;;(H3,1,2,3,4)/q;2*+1;/p-2/b10-9-;;;. The Bertz CT molecular complexity index is 367. The van der Waals surface area contributed by atoms with Gasteiger partial charge in [-0.3, -0.25) is 4.79 Å². The molecule has 0 aromatic rings. The fourth-order valence-corrected chi connectivity index (χ4v) is 2.35. The van der Waals surface area contributed by atoms with Crippen LogP contribution in [0.25, 0.3) is 0 Å². The summed E-state index contributed by atoms with van der Waals surface area (Å²) in [7, 11) is -5.14. The Morgan fingerprint density at radius 2 is 1.15 bits per heavy atom. The summed E-state index contributed by atoms with van der Waals surface area (Å²) in [6.45, 7) is 2.26. The minimum atomic E-state index is -5.14. The minimum Gasteiger partial charge on any atom is -0.790 e. The predicted octanol–water partition coefficient (Wildman–Crippen LogP) is -2.08. The van der Waals surface area contributed by atoms with Crippen LogP contribution in [-0.2, 0) is 9.36 Å². The number of rotatable bonds is 15. The first-order chi connectivity index (χ1) is 11.8. The van der Waals surface area contributed by atoms with Gasteiger partial charge in [0.05, 0.1) is 7.82 Å². The second-order valence-corrected chi connectivity index (χ2v) is 7.13. The van der Waals surface area contributed by atoms with E-state index in [0.29, 0.717) is 6.42 Å². The van der Waals surface area contributed by atoms with Gasteiger partial charge in [-0.25, -0.2) is 0 Å². The summed E-state index contributed by atoms with van der Waals surface area (Å²) in [5.41, 5.74) is 0. The molecule has 0 aliphatic carbocycles. The molecule has 150 valence electrons. The van der Waals surface area contributed by atoms with Crippen LogP contribution in [0.5, 0.6) is 0 Å². The van der Waals surface area contributed by atoms with Crippen molar-refractivity contribution in [3.63, 3.8) is 0 Å². The zero-order valence-electron chi connectivity index (χ0n) is 17.5. The summed E-state index contributed by atoms with van der Waals surface area (Å²) >= 11 is 0. The van der Waals surface area contributed by atoms with Crippen molar-refractivity contribution in [3.8, 4) is 0 Å². The van der Waals surface area contributed by atoms with E-state index in [9.17, 15) is 4.79 Å². The van der Waals surface area contributed by atoms with Crippen molar-refractivity contribution in [3.05, 3.63) is 12.2 Å². The van der Waals surface area contributed by atoms with E-state index in [-0.39, 0.29) is 59.1 Å². The van der Waals surface area contributed by atoms with E-state index in [0.717, 1.165) is 12.8 Å². The molecule has 0 saturated carbocycles. The van der Waals surface area contributed by atoms with Gasteiger partial charge in [-0.1, -0.05) is 70.4 Å². The Kier molecular flexibility index (Phi) is 36.2. The van der Waals surface area contributed by atoms with Crippen LogP contribution in [0, 0.1) is 0 Å². The fraction of sp³-hybridized carbons (Fsp3) is 0.833. The van der Waals surface area contributed by atoms with Crippen molar-refractivity contribution in [1.82, 2.24) is 0 Å². The number of allylic oxidation sites excluding steroid dienone is 2. The van der Waals surface area contributed by atoms with Crippen molar-refractivity contribution in [1.29, 1.82) is 0 Å². The molecule has 2 N–H and O–H groups in total. The van der Waals surface area contributed by atoms with Crippen molar-refractivity contribution in [2.45, 2.75) is 96.8 Å². The third-order valence-electron chi connectivity index (χ3n) is 3.65. The molecule has 0 heterocycles. The van der Waals surface area contributed by atoms with E-state index in [1.54, 1.807) is 0 Å². The van der Waals surface area contributed by atoms with Gasteiger partial charge in [0.15, 0.2) is 0 Å². The first-order valence-corrected chi connectivity index (χ1v) is 10.9. The average molecular weight is 424 g/mol. The Labute approximate surface area is 209 Å². The van der Waals surface area contributed by atoms with E-state index in [1.807, 2.05) is 0 Å². The summed E-state index contributed by atoms with van der Waals surface area (Å²) in [4.78, 5) is 34.6. The Hall–Kier alpha value is 1.32. The molecule has 0 fully saturated rings. The molecule has 0 spiro atoms. The van der Waals surface area contributed by atoms with Gasteiger partial charge in [-0.2, -0.15) is 0 Å². The molecular formula is C18H35Na2O6P. The molecule has 0 amide bonds. The van der Waals surface area contributed by atoms with Crippen LogP contribution in [0.3, 0.4) is 0 Å². The second kappa shape index (κ2) is 27.3. The molecular weight excluding hydrogens is 389 g/mol. The molecule has 9 heteroatoms. The third-order valence-corrected chi connectivity index (χ3v) is 3.65. The van der Waals surface area contributed by atoms with Gasteiger partial charge in [0.25, 0.3) is 0 Å². The molecule has 0 aromatic heterocycles. The molecule has 0 radical (unpaired) electrons.